The van der Waals surface area contributed by atoms with Gasteiger partial charge in [-0.15, -0.1) is 24.0 Å². The zero-order valence-electron chi connectivity index (χ0n) is 18.2. The summed E-state index contributed by atoms with van der Waals surface area (Å²) < 4.78 is 15.5. The molecule has 0 unspecified atom stereocenters. The van der Waals surface area contributed by atoms with E-state index in [1.807, 2.05) is 31.6 Å². The number of aliphatic imine (C=N–C) groups is 1. The van der Waals surface area contributed by atoms with Gasteiger partial charge in [-0.25, -0.2) is 9.37 Å². The highest BCUT2D eigenvalue weighted by atomic mass is 127. The molecule has 0 saturated heterocycles. The van der Waals surface area contributed by atoms with Gasteiger partial charge in [0.05, 0.1) is 0 Å². The number of aromatic nitrogens is 3. The minimum atomic E-state index is -0.229. The zero-order valence-corrected chi connectivity index (χ0v) is 20.6. The van der Waals surface area contributed by atoms with Crippen molar-refractivity contribution < 1.29 is 4.39 Å². The number of aromatic amines is 1. The number of nitrogens with zero attached hydrogens (tertiary/aromatic N) is 3. The molecule has 4 aromatic rings. The molecule has 168 valence electrons. The van der Waals surface area contributed by atoms with Crippen LogP contribution in [0.25, 0.3) is 10.9 Å². The van der Waals surface area contributed by atoms with Crippen LogP contribution in [0.2, 0.25) is 0 Å². The summed E-state index contributed by atoms with van der Waals surface area (Å²) in [5.41, 5.74) is 4.40. The normalized spacial score (nSPS) is 11.4. The summed E-state index contributed by atoms with van der Waals surface area (Å²) in [6.07, 6.45) is 6.57. The molecule has 0 atom stereocenters. The Balaban J connectivity index is 0.00000289. The highest BCUT2D eigenvalue weighted by Crippen LogP contribution is 2.19. The SMILES string of the molecule is CN=C(NCCc1c[nH]c2cc(F)ccc12)NCc1cccc(Cn2ccnc2C)c1.I. The smallest absolute Gasteiger partial charge is 0.191 e. The van der Waals surface area contributed by atoms with E-state index in [4.69, 9.17) is 0 Å². The Hall–Kier alpha value is -2.88. The molecular weight excluding hydrogens is 518 g/mol. The van der Waals surface area contributed by atoms with Gasteiger partial charge in [-0.2, -0.15) is 0 Å². The maximum Gasteiger partial charge on any atom is 0.191 e. The molecule has 0 aliphatic rings. The van der Waals surface area contributed by atoms with Gasteiger partial charge in [0.1, 0.15) is 11.6 Å². The predicted molar refractivity (Wildman–Crippen MR) is 138 cm³/mol. The molecule has 0 bridgehead atoms. The van der Waals surface area contributed by atoms with Crippen molar-refractivity contribution in [3.05, 3.63) is 89.4 Å². The van der Waals surface area contributed by atoms with Crippen LogP contribution in [0.3, 0.4) is 0 Å². The Morgan fingerprint density at radius 1 is 1.16 bits per heavy atom. The Kier molecular flexibility index (Phi) is 8.26. The second-order valence-electron chi connectivity index (χ2n) is 7.53. The Morgan fingerprint density at radius 3 is 2.78 bits per heavy atom. The third-order valence-electron chi connectivity index (χ3n) is 5.37. The molecule has 0 aliphatic carbocycles. The lowest BCUT2D eigenvalue weighted by Crippen LogP contribution is -2.37. The van der Waals surface area contributed by atoms with Crippen LogP contribution in [0.5, 0.6) is 0 Å². The van der Waals surface area contributed by atoms with E-state index < -0.39 is 0 Å². The lowest BCUT2D eigenvalue weighted by molar-refractivity contribution is 0.629. The van der Waals surface area contributed by atoms with Crippen LogP contribution in [0.1, 0.15) is 22.5 Å². The Labute approximate surface area is 204 Å². The molecule has 8 heteroatoms. The van der Waals surface area contributed by atoms with Crippen molar-refractivity contribution in [1.29, 1.82) is 0 Å². The number of fused-ring (bicyclic) bond motifs is 1. The van der Waals surface area contributed by atoms with Gasteiger partial charge in [0.25, 0.3) is 0 Å². The average molecular weight is 546 g/mol. The number of benzene rings is 2. The lowest BCUT2D eigenvalue weighted by Gasteiger charge is -2.13. The molecule has 6 nitrogen and oxygen atoms in total. The number of nitrogens with one attached hydrogen (secondary N) is 3. The first-order valence-corrected chi connectivity index (χ1v) is 10.4. The second kappa shape index (κ2) is 11.1. The summed E-state index contributed by atoms with van der Waals surface area (Å²) in [5.74, 6) is 1.53. The molecule has 0 saturated carbocycles. The van der Waals surface area contributed by atoms with E-state index in [0.717, 1.165) is 47.8 Å². The Morgan fingerprint density at radius 2 is 2.00 bits per heavy atom. The van der Waals surface area contributed by atoms with E-state index in [-0.39, 0.29) is 29.8 Å². The van der Waals surface area contributed by atoms with Gasteiger partial charge in [-0.1, -0.05) is 24.3 Å². The fourth-order valence-electron chi connectivity index (χ4n) is 3.69. The summed E-state index contributed by atoms with van der Waals surface area (Å²) in [6.45, 7) is 4.23. The summed E-state index contributed by atoms with van der Waals surface area (Å²) >= 11 is 0. The van der Waals surface area contributed by atoms with Crippen molar-refractivity contribution in [3.63, 3.8) is 0 Å². The molecule has 2 aromatic heterocycles. The first-order chi connectivity index (χ1) is 15.1. The number of guanidine groups is 1. The maximum absolute atomic E-state index is 13.4. The van der Waals surface area contributed by atoms with E-state index in [1.165, 1.54) is 23.3 Å². The fraction of sp³-hybridized carbons (Fsp3) is 0.250. The number of hydrogen-bond acceptors (Lipinski definition) is 2. The van der Waals surface area contributed by atoms with Gasteiger partial charge in [0.2, 0.25) is 0 Å². The molecule has 3 N–H and O–H groups in total. The lowest BCUT2D eigenvalue weighted by atomic mass is 10.1. The van der Waals surface area contributed by atoms with E-state index in [2.05, 4.69) is 54.4 Å². The van der Waals surface area contributed by atoms with Crippen molar-refractivity contribution in [2.75, 3.05) is 13.6 Å². The molecular formula is C24H28FIN6. The summed E-state index contributed by atoms with van der Waals surface area (Å²) in [7, 11) is 1.77. The van der Waals surface area contributed by atoms with Crippen LogP contribution in [0.4, 0.5) is 4.39 Å². The molecule has 0 radical (unpaired) electrons. The molecule has 0 fully saturated rings. The highest BCUT2D eigenvalue weighted by Gasteiger charge is 2.06. The summed E-state index contributed by atoms with van der Waals surface area (Å²) in [5, 5.41) is 7.77. The first-order valence-electron chi connectivity index (χ1n) is 10.4. The molecule has 2 heterocycles. The predicted octanol–water partition coefficient (Wildman–Crippen LogP) is 4.39. The van der Waals surface area contributed by atoms with Crippen LogP contribution in [-0.4, -0.2) is 34.1 Å². The third-order valence-corrected chi connectivity index (χ3v) is 5.37. The number of imidazole rings is 1. The van der Waals surface area contributed by atoms with Gasteiger partial charge in [0.15, 0.2) is 5.96 Å². The highest BCUT2D eigenvalue weighted by molar-refractivity contribution is 14.0. The molecule has 2 aromatic carbocycles. The molecule has 0 spiro atoms. The number of halogens is 2. The molecule has 4 rings (SSSR count). The van der Waals surface area contributed by atoms with Crippen molar-refractivity contribution in [3.8, 4) is 0 Å². The van der Waals surface area contributed by atoms with Crippen LogP contribution >= 0.6 is 24.0 Å². The standard InChI is InChI=1S/C24H27FN6.HI/c1-17-27-10-11-31(17)16-19-5-3-4-18(12-19)14-30-24(26-2)28-9-8-20-15-29-23-13-21(25)6-7-22(20)23;/h3-7,10-13,15,29H,8-9,14,16H2,1-2H3,(H2,26,28,30);1H. The largest absolute Gasteiger partial charge is 0.361 e. The third kappa shape index (κ3) is 5.87. The van der Waals surface area contributed by atoms with Crippen LogP contribution in [-0.2, 0) is 19.5 Å². The average Bonchev–Trinajstić information content (AvgIpc) is 3.36. The van der Waals surface area contributed by atoms with E-state index in [9.17, 15) is 4.39 Å². The number of H-pyrrole nitrogens is 1. The first kappa shape index (κ1) is 23.8. The number of aryl methyl sites for hydroxylation is 1. The quantitative estimate of drug-likeness (QED) is 0.183. The van der Waals surface area contributed by atoms with E-state index >= 15 is 0 Å². The van der Waals surface area contributed by atoms with Crippen molar-refractivity contribution >= 4 is 40.8 Å². The fourth-order valence-corrected chi connectivity index (χ4v) is 3.69. The van der Waals surface area contributed by atoms with Crippen molar-refractivity contribution in [2.24, 2.45) is 4.99 Å². The maximum atomic E-state index is 13.4. The van der Waals surface area contributed by atoms with E-state index in [1.54, 1.807) is 7.05 Å². The van der Waals surface area contributed by atoms with Crippen LogP contribution < -0.4 is 10.6 Å². The molecule has 0 amide bonds. The van der Waals surface area contributed by atoms with Gasteiger partial charge in [0, 0.05) is 56.2 Å². The van der Waals surface area contributed by atoms with Crippen molar-refractivity contribution in [1.82, 2.24) is 25.2 Å². The van der Waals surface area contributed by atoms with Crippen LogP contribution in [0, 0.1) is 12.7 Å². The van der Waals surface area contributed by atoms with Crippen LogP contribution in [0.15, 0.2) is 66.0 Å². The molecule has 32 heavy (non-hydrogen) atoms. The monoisotopic (exact) mass is 546 g/mol. The van der Waals surface area contributed by atoms with Gasteiger partial charge in [-0.3, -0.25) is 4.99 Å². The minimum Gasteiger partial charge on any atom is -0.361 e. The number of hydrogen-bond donors (Lipinski definition) is 3. The van der Waals surface area contributed by atoms with E-state index in [0.29, 0.717) is 6.54 Å². The Bertz CT molecular complexity index is 1200. The van der Waals surface area contributed by atoms with Crippen molar-refractivity contribution in [2.45, 2.75) is 26.4 Å². The zero-order chi connectivity index (χ0) is 21.6. The second-order valence-corrected chi connectivity index (χ2v) is 7.53. The van der Waals surface area contributed by atoms with Gasteiger partial charge < -0.3 is 20.2 Å². The van der Waals surface area contributed by atoms with Gasteiger partial charge >= 0.3 is 0 Å². The molecule has 0 aliphatic heterocycles. The minimum absolute atomic E-state index is 0. The van der Waals surface area contributed by atoms with Gasteiger partial charge in [-0.05, 0) is 48.2 Å². The topological polar surface area (TPSA) is 70.0 Å². The summed E-state index contributed by atoms with van der Waals surface area (Å²) in [4.78, 5) is 11.7. The number of rotatable bonds is 7. The summed E-state index contributed by atoms with van der Waals surface area (Å²) in [6, 6.07) is 13.4.